The molecule has 25 heavy (non-hydrogen) atoms. The Hall–Kier alpha value is -2.73. The number of anilines is 1. The molecule has 1 N–H and O–H groups in total. The van der Waals surface area contributed by atoms with E-state index in [4.69, 9.17) is 0 Å². The van der Waals surface area contributed by atoms with Crippen LogP contribution in [-0.2, 0) is 11.3 Å². The van der Waals surface area contributed by atoms with Crippen LogP contribution in [-0.4, -0.2) is 52.8 Å². The van der Waals surface area contributed by atoms with E-state index in [0.717, 1.165) is 44.0 Å². The van der Waals surface area contributed by atoms with E-state index < -0.39 is 0 Å². The highest BCUT2D eigenvalue weighted by atomic mass is 16.2. The predicted molar refractivity (Wildman–Crippen MR) is 96.2 cm³/mol. The summed E-state index contributed by atoms with van der Waals surface area (Å²) in [5, 5.41) is 2.88. The second-order valence-electron chi connectivity index (χ2n) is 6.15. The summed E-state index contributed by atoms with van der Waals surface area (Å²) in [4.78, 5) is 31.8. The summed E-state index contributed by atoms with van der Waals surface area (Å²) in [6.45, 7) is 5.69. The van der Waals surface area contributed by atoms with Crippen LogP contribution in [0.3, 0.4) is 0 Å². The van der Waals surface area contributed by atoms with Gasteiger partial charge in [0.15, 0.2) is 0 Å². The first kappa shape index (κ1) is 17.1. The number of amides is 2. The summed E-state index contributed by atoms with van der Waals surface area (Å²) in [6, 6.07) is 13.1. The summed E-state index contributed by atoms with van der Waals surface area (Å²) in [6.07, 6.45) is 1.60. The van der Waals surface area contributed by atoms with Gasteiger partial charge in [0.25, 0.3) is 5.91 Å². The van der Waals surface area contributed by atoms with E-state index in [1.54, 1.807) is 31.3 Å². The van der Waals surface area contributed by atoms with Crippen molar-refractivity contribution in [2.24, 2.45) is 0 Å². The van der Waals surface area contributed by atoms with Crippen LogP contribution in [0, 0.1) is 0 Å². The average molecular weight is 338 g/mol. The number of rotatable bonds is 4. The van der Waals surface area contributed by atoms with E-state index in [0.29, 0.717) is 5.69 Å². The van der Waals surface area contributed by atoms with Gasteiger partial charge in [0.2, 0.25) is 5.91 Å². The summed E-state index contributed by atoms with van der Waals surface area (Å²) >= 11 is 0. The minimum Gasteiger partial charge on any atom is -0.340 e. The van der Waals surface area contributed by atoms with E-state index >= 15 is 0 Å². The second kappa shape index (κ2) is 7.90. The van der Waals surface area contributed by atoms with Crippen molar-refractivity contribution in [1.82, 2.24) is 14.8 Å². The van der Waals surface area contributed by atoms with Gasteiger partial charge in [0, 0.05) is 51.5 Å². The maximum Gasteiger partial charge on any atom is 0.274 e. The lowest BCUT2D eigenvalue weighted by atomic mass is 10.1. The number of nitrogens with one attached hydrogen (secondary N) is 1. The number of nitrogens with zero attached hydrogens (tertiary/aromatic N) is 3. The molecule has 6 nitrogen and oxygen atoms in total. The zero-order valence-electron chi connectivity index (χ0n) is 14.3. The van der Waals surface area contributed by atoms with Crippen molar-refractivity contribution in [3.63, 3.8) is 0 Å². The summed E-state index contributed by atoms with van der Waals surface area (Å²) in [5.41, 5.74) is 2.29. The first-order chi connectivity index (χ1) is 12.1. The smallest absolute Gasteiger partial charge is 0.274 e. The number of hydrogen-bond donors (Lipinski definition) is 1. The zero-order valence-corrected chi connectivity index (χ0v) is 14.3. The minimum atomic E-state index is -0.215. The van der Waals surface area contributed by atoms with Crippen LogP contribution in [0.2, 0.25) is 0 Å². The Morgan fingerprint density at radius 1 is 1.08 bits per heavy atom. The Morgan fingerprint density at radius 2 is 1.88 bits per heavy atom. The van der Waals surface area contributed by atoms with Crippen molar-refractivity contribution >= 4 is 17.5 Å². The first-order valence-electron chi connectivity index (χ1n) is 8.41. The molecule has 0 aliphatic carbocycles. The van der Waals surface area contributed by atoms with Gasteiger partial charge < -0.3 is 10.2 Å². The molecule has 0 radical (unpaired) electrons. The van der Waals surface area contributed by atoms with Gasteiger partial charge in [0.05, 0.1) is 0 Å². The molecule has 1 aromatic heterocycles. The van der Waals surface area contributed by atoms with Gasteiger partial charge in [-0.25, -0.2) is 0 Å². The molecule has 0 saturated carbocycles. The Kier molecular flexibility index (Phi) is 5.40. The standard InChI is InChI=1S/C19H22N4O2/c1-15(24)23-11-9-22(10-12-23)14-16-5-4-6-17(13-16)21-19(25)18-7-2-3-8-20-18/h2-8,13H,9-12,14H2,1H3,(H,21,25). The maximum atomic E-state index is 12.2. The fourth-order valence-electron chi connectivity index (χ4n) is 2.92. The zero-order chi connectivity index (χ0) is 17.6. The first-order valence-corrected chi connectivity index (χ1v) is 8.41. The largest absolute Gasteiger partial charge is 0.340 e. The quantitative estimate of drug-likeness (QED) is 0.926. The highest BCUT2D eigenvalue weighted by Crippen LogP contribution is 2.15. The van der Waals surface area contributed by atoms with Crippen molar-refractivity contribution in [2.45, 2.75) is 13.5 Å². The molecular formula is C19H22N4O2. The highest BCUT2D eigenvalue weighted by Gasteiger charge is 2.18. The summed E-state index contributed by atoms with van der Waals surface area (Å²) in [5.74, 6) is -0.0771. The molecule has 2 amide bonds. The highest BCUT2D eigenvalue weighted by molar-refractivity contribution is 6.02. The number of piperazine rings is 1. The van der Waals surface area contributed by atoms with Gasteiger partial charge in [0.1, 0.15) is 5.69 Å². The number of carbonyl (C=O) groups is 2. The van der Waals surface area contributed by atoms with E-state index in [9.17, 15) is 9.59 Å². The van der Waals surface area contributed by atoms with Crippen LogP contribution in [0.4, 0.5) is 5.69 Å². The fraction of sp³-hybridized carbons (Fsp3) is 0.316. The molecule has 0 unspecified atom stereocenters. The van der Waals surface area contributed by atoms with Crippen LogP contribution in [0.15, 0.2) is 48.7 Å². The molecular weight excluding hydrogens is 316 g/mol. The third-order valence-corrected chi connectivity index (χ3v) is 4.31. The Morgan fingerprint density at radius 3 is 2.56 bits per heavy atom. The monoisotopic (exact) mass is 338 g/mol. The average Bonchev–Trinajstić information content (AvgIpc) is 2.63. The summed E-state index contributed by atoms with van der Waals surface area (Å²) < 4.78 is 0. The fourth-order valence-corrected chi connectivity index (χ4v) is 2.92. The molecule has 0 atom stereocenters. The van der Waals surface area contributed by atoms with Crippen LogP contribution in [0.5, 0.6) is 0 Å². The summed E-state index contributed by atoms with van der Waals surface area (Å²) in [7, 11) is 0. The van der Waals surface area contributed by atoms with Crippen molar-refractivity contribution in [3.8, 4) is 0 Å². The van der Waals surface area contributed by atoms with Gasteiger partial charge in [-0.2, -0.15) is 0 Å². The van der Waals surface area contributed by atoms with Crippen LogP contribution < -0.4 is 5.32 Å². The van der Waals surface area contributed by atoms with Crippen LogP contribution in [0.25, 0.3) is 0 Å². The Bertz CT molecular complexity index is 740. The molecule has 1 aromatic carbocycles. The minimum absolute atomic E-state index is 0.138. The predicted octanol–water partition coefficient (Wildman–Crippen LogP) is 2.00. The molecule has 3 rings (SSSR count). The van der Waals surface area contributed by atoms with Crippen molar-refractivity contribution in [1.29, 1.82) is 0 Å². The van der Waals surface area contributed by atoms with E-state index in [2.05, 4.69) is 15.2 Å². The Labute approximate surface area is 147 Å². The lowest BCUT2D eigenvalue weighted by molar-refractivity contribution is -0.130. The second-order valence-corrected chi connectivity index (χ2v) is 6.15. The normalized spacial score (nSPS) is 15.0. The van der Waals surface area contributed by atoms with E-state index in [-0.39, 0.29) is 11.8 Å². The number of hydrogen-bond acceptors (Lipinski definition) is 4. The van der Waals surface area contributed by atoms with Gasteiger partial charge in [-0.05, 0) is 29.8 Å². The van der Waals surface area contributed by atoms with Crippen molar-refractivity contribution in [2.75, 3.05) is 31.5 Å². The third kappa shape index (κ3) is 4.64. The van der Waals surface area contributed by atoms with Gasteiger partial charge in [-0.15, -0.1) is 0 Å². The van der Waals surface area contributed by atoms with Gasteiger partial charge in [-0.3, -0.25) is 19.5 Å². The number of benzene rings is 1. The van der Waals surface area contributed by atoms with Gasteiger partial charge >= 0.3 is 0 Å². The van der Waals surface area contributed by atoms with Crippen molar-refractivity contribution in [3.05, 3.63) is 59.9 Å². The van der Waals surface area contributed by atoms with Crippen LogP contribution in [0.1, 0.15) is 23.0 Å². The van der Waals surface area contributed by atoms with E-state index in [1.165, 1.54) is 0 Å². The lowest BCUT2D eigenvalue weighted by Crippen LogP contribution is -2.47. The lowest BCUT2D eigenvalue weighted by Gasteiger charge is -2.34. The number of pyridine rings is 1. The molecule has 0 bridgehead atoms. The number of carbonyl (C=O) groups excluding carboxylic acids is 2. The molecule has 2 heterocycles. The molecule has 2 aromatic rings. The molecule has 0 spiro atoms. The van der Waals surface area contributed by atoms with Crippen LogP contribution >= 0.6 is 0 Å². The topological polar surface area (TPSA) is 65.5 Å². The van der Waals surface area contributed by atoms with Gasteiger partial charge in [-0.1, -0.05) is 18.2 Å². The number of aromatic nitrogens is 1. The third-order valence-electron chi connectivity index (χ3n) is 4.31. The molecule has 6 heteroatoms. The molecule has 1 saturated heterocycles. The molecule has 1 fully saturated rings. The molecule has 1 aliphatic heterocycles. The molecule has 130 valence electrons. The SMILES string of the molecule is CC(=O)N1CCN(Cc2cccc(NC(=O)c3ccccn3)c2)CC1. The van der Waals surface area contributed by atoms with Crippen molar-refractivity contribution < 1.29 is 9.59 Å². The maximum absolute atomic E-state index is 12.2. The Balaban J connectivity index is 1.58. The molecule has 1 aliphatic rings. The van der Waals surface area contributed by atoms with E-state index in [1.807, 2.05) is 29.2 Å².